The minimum absolute atomic E-state index is 0.0880. The van der Waals surface area contributed by atoms with Crippen molar-refractivity contribution in [3.8, 4) is 0 Å². The first-order valence-electron chi connectivity index (χ1n) is 6.82. The highest BCUT2D eigenvalue weighted by Crippen LogP contribution is 2.08. The van der Waals surface area contributed by atoms with Crippen molar-refractivity contribution < 1.29 is 14.3 Å². The molecular weight excluding hydrogens is 240 g/mol. The summed E-state index contributed by atoms with van der Waals surface area (Å²) in [4.78, 5) is 22.9. The number of ketones is 1. The van der Waals surface area contributed by atoms with Crippen LogP contribution in [-0.4, -0.2) is 11.8 Å². The molecule has 0 saturated carbocycles. The van der Waals surface area contributed by atoms with Gasteiger partial charge in [-0.05, 0) is 18.4 Å². The molecule has 0 amide bonds. The minimum Gasteiger partial charge on any atom is -0.461 e. The lowest BCUT2D eigenvalue weighted by atomic mass is 10.0. The van der Waals surface area contributed by atoms with Crippen LogP contribution >= 0.6 is 0 Å². The Balaban J connectivity index is 2.10. The van der Waals surface area contributed by atoms with Crippen LogP contribution in [-0.2, 0) is 20.9 Å². The van der Waals surface area contributed by atoms with Gasteiger partial charge in [-0.25, -0.2) is 0 Å². The molecule has 3 heteroatoms. The van der Waals surface area contributed by atoms with Gasteiger partial charge in [-0.15, -0.1) is 0 Å². The Hall–Kier alpha value is -1.64. The maximum atomic E-state index is 11.5. The Morgan fingerprint density at radius 2 is 1.68 bits per heavy atom. The summed E-state index contributed by atoms with van der Waals surface area (Å²) in [5, 5.41) is 0. The molecule has 0 aliphatic carbocycles. The second kappa shape index (κ2) is 8.46. The molecule has 0 unspecified atom stereocenters. The van der Waals surface area contributed by atoms with Gasteiger partial charge in [0.1, 0.15) is 12.4 Å². The van der Waals surface area contributed by atoms with Crippen molar-refractivity contribution in [2.75, 3.05) is 0 Å². The molecule has 0 heterocycles. The predicted octanol–water partition coefficient (Wildman–Crippen LogP) is 3.52. The Morgan fingerprint density at radius 1 is 1.05 bits per heavy atom. The number of ether oxygens (including phenoxy) is 1. The van der Waals surface area contributed by atoms with Crippen LogP contribution in [0.25, 0.3) is 0 Å². The predicted molar refractivity (Wildman–Crippen MR) is 74.6 cm³/mol. The molecule has 0 fully saturated rings. The molecule has 0 spiro atoms. The van der Waals surface area contributed by atoms with Crippen LogP contribution in [0.5, 0.6) is 0 Å². The van der Waals surface area contributed by atoms with Gasteiger partial charge in [-0.3, -0.25) is 9.59 Å². The first-order chi connectivity index (χ1) is 9.09. The average molecular weight is 262 g/mol. The van der Waals surface area contributed by atoms with E-state index in [1.807, 2.05) is 44.2 Å². The average Bonchev–Trinajstić information content (AvgIpc) is 2.42. The second-order valence-electron chi connectivity index (χ2n) is 4.97. The Kier molecular flexibility index (Phi) is 6.86. The molecule has 0 aliphatic rings. The Labute approximate surface area is 115 Å². The lowest BCUT2D eigenvalue weighted by Crippen LogP contribution is -2.08. The van der Waals surface area contributed by atoms with Crippen LogP contribution in [0, 0.1) is 5.92 Å². The molecule has 0 radical (unpaired) electrons. The van der Waals surface area contributed by atoms with Crippen LogP contribution in [0.3, 0.4) is 0 Å². The monoisotopic (exact) mass is 262 g/mol. The van der Waals surface area contributed by atoms with Crippen molar-refractivity contribution >= 4 is 11.8 Å². The number of hydrogen-bond acceptors (Lipinski definition) is 3. The van der Waals surface area contributed by atoms with Crippen molar-refractivity contribution in [2.24, 2.45) is 5.92 Å². The van der Waals surface area contributed by atoms with Gasteiger partial charge in [0.25, 0.3) is 0 Å². The standard InChI is InChI=1S/C16H22O3/c1-13(2)15(17)10-6-7-11-16(18)19-12-14-8-4-3-5-9-14/h3-5,8-9,13H,6-7,10-12H2,1-2H3. The number of rotatable bonds is 8. The van der Waals surface area contributed by atoms with E-state index in [1.54, 1.807) is 0 Å². The Morgan fingerprint density at radius 3 is 2.32 bits per heavy atom. The highest BCUT2D eigenvalue weighted by molar-refractivity contribution is 5.80. The van der Waals surface area contributed by atoms with E-state index in [1.165, 1.54) is 0 Å². The molecule has 19 heavy (non-hydrogen) atoms. The van der Waals surface area contributed by atoms with Crippen LogP contribution < -0.4 is 0 Å². The number of Topliss-reactive ketones (excluding diaryl/α,β-unsaturated/α-hetero) is 1. The van der Waals surface area contributed by atoms with Crippen molar-refractivity contribution in [1.82, 2.24) is 0 Å². The molecule has 0 aliphatic heterocycles. The van der Waals surface area contributed by atoms with Gasteiger partial charge in [0, 0.05) is 18.8 Å². The fraction of sp³-hybridized carbons (Fsp3) is 0.500. The van der Waals surface area contributed by atoms with Crippen LogP contribution in [0.15, 0.2) is 30.3 Å². The molecule has 1 rings (SSSR count). The van der Waals surface area contributed by atoms with Gasteiger partial charge in [0.05, 0.1) is 0 Å². The fourth-order valence-electron chi connectivity index (χ4n) is 1.67. The molecule has 1 aromatic carbocycles. The highest BCUT2D eigenvalue weighted by atomic mass is 16.5. The SMILES string of the molecule is CC(C)C(=O)CCCCC(=O)OCc1ccccc1. The Bertz CT molecular complexity index is 396. The van der Waals surface area contributed by atoms with Crippen LogP contribution in [0.2, 0.25) is 0 Å². The van der Waals surface area contributed by atoms with Gasteiger partial charge in [-0.2, -0.15) is 0 Å². The zero-order valence-electron chi connectivity index (χ0n) is 11.7. The normalized spacial score (nSPS) is 10.5. The smallest absolute Gasteiger partial charge is 0.306 e. The summed E-state index contributed by atoms with van der Waals surface area (Å²) < 4.78 is 5.16. The summed E-state index contributed by atoms with van der Waals surface area (Å²) in [7, 11) is 0. The van der Waals surface area contributed by atoms with E-state index in [0.29, 0.717) is 25.9 Å². The van der Waals surface area contributed by atoms with Crippen molar-refractivity contribution in [2.45, 2.75) is 46.1 Å². The summed E-state index contributed by atoms with van der Waals surface area (Å²) in [5.74, 6) is 0.156. The highest BCUT2D eigenvalue weighted by Gasteiger charge is 2.08. The van der Waals surface area contributed by atoms with E-state index in [0.717, 1.165) is 12.0 Å². The van der Waals surface area contributed by atoms with Gasteiger partial charge in [-0.1, -0.05) is 44.2 Å². The number of carbonyl (C=O) groups is 2. The maximum Gasteiger partial charge on any atom is 0.306 e. The molecule has 0 atom stereocenters. The summed E-state index contributed by atoms with van der Waals surface area (Å²) >= 11 is 0. The third-order valence-corrected chi connectivity index (χ3v) is 2.94. The minimum atomic E-state index is -0.194. The van der Waals surface area contributed by atoms with Gasteiger partial charge in [0.15, 0.2) is 0 Å². The topological polar surface area (TPSA) is 43.4 Å². The zero-order chi connectivity index (χ0) is 14.1. The summed E-state index contributed by atoms with van der Waals surface area (Å²) in [5.41, 5.74) is 0.992. The van der Waals surface area contributed by atoms with E-state index in [-0.39, 0.29) is 17.7 Å². The number of hydrogen-bond donors (Lipinski definition) is 0. The quantitative estimate of drug-likeness (QED) is 0.532. The van der Waals surface area contributed by atoms with Crippen LogP contribution in [0.4, 0.5) is 0 Å². The van der Waals surface area contributed by atoms with Crippen molar-refractivity contribution in [3.05, 3.63) is 35.9 Å². The van der Waals surface area contributed by atoms with E-state index in [9.17, 15) is 9.59 Å². The van der Waals surface area contributed by atoms with Crippen LogP contribution in [0.1, 0.15) is 45.1 Å². The molecule has 1 aromatic rings. The molecular formula is C16H22O3. The maximum absolute atomic E-state index is 11.5. The molecule has 0 saturated heterocycles. The molecule has 3 nitrogen and oxygen atoms in total. The first-order valence-corrected chi connectivity index (χ1v) is 6.82. The summed E-state index contributed by atoms with van der Waals surface area (Å²) in [6.07, 6.45) is 2.42. The van der Waals surface area contributed by atoms with E-state index in [4.69, 9.17) is 4.74 Å². The van der Waals surface area contributed by atoms with Gasteiger partial charge >= 0.3 is 5.97 Å². The molecule has 104 valence electrons. The third kappa shape index (κ3) is 6.75. The molecule has 0 aromatic heterocycles. The van der Waals surface area contributed by atoms with Gasteiger partial charge < -0.3 is 4.74 Å². The summed E-state index contributed by atoms with van der Waals surface area (Å²) in [6, 6.07) is 9.61. The molecule has 0 N–H and O–H groups in total. The largest absolute Gasteiger partial charge is 0.461 e. The second-order valence-corrected chi connectivity index (χ2v) is 4.97. The number of benzene rings is 1. The number of carbonyl (C=O) groups excluding carboxylic acids is 2. The number of unbranched alkanes of at least 4 members (excludes halogenated alkanes) is 1. The zero-order valence-corrected chi connectivity index (χ0v) is 11.7. The van der Waals surface area contributed by atoms with E-state index < -0.39 is 0 Å². The third-order valence-electron chi connectivity index (χ3n) is 2.94. The fourth-order valence-corrected chi connectivity index (χ4v) is 1.67. The van der Waals surface area contributed by atoms with E-state index in [2.05, 4.69) is 0 Å². The van der Waals surface area contributed by atoms with Crippen molar-refractivity contribution in [3.63, 3.8) is 0 Å². The first kappa shape index (κ1) is 15.4. The van der Waals surface area contributed by atoms with E-state index >= 15 is 0 Å². The number of esters is 1. The summed E-state index contributed by atoms with van der Waals surface area (Å²) in [6.45, 7) is 4.12. The lowest BCUT2D eigenvalue weighted by molar-refractivity contribution is -0.145. The molecule has 0 bridgehead atoms. The van der Waals surface area contributed by atoms with Gasteiger partial charge in [0.2, 0.25) is 0 Å². The van der Waals surface area contributed by atoms with Crippen molar-refractivity contribution in [1.29, 1.82) is 0 Å². The lowest BCUT2D eigenvalue weighted by Gasteiger charge is -2.05.